The van der Waals surface area contributed by atoms with Crippen molar-refractivity contribution in [2.24, 2.45) is 5.92 Å². The van der Waals surface area contributed by atoms with Gasteiger partial charge in [-0.3, -0.25) is 10.1 Å². The third-order valence-corrected chi connectivity index (χ3v) is 6.00. The molecule has 4 heteroatoms. The van der Waals surface area contributed by atoms with Gasteiger partial charge in [-0.25, -0.2) is 0 Å². The van der Waals surface area contributed by atoms with Gasteiger partial charge < -0.3 is 9.80 Å². The van der Waals surface area contributed by atoms with E-state index in [0.717, 1.165) is 13.1 Å². The molecule has 3 aliphatic rings. The van der Waals surface area contributed by atoms with Gasteiger partial charge in [0.1, 0.15) is 0 Å². The summed E-state index contributed by atoms with van der Waals surface area (Å²) in [7, 11) is 2.27. The van der Waals surface area contributed by atoms with Crippen LogP contribution in [0.25, 0.3) is 0 Å². The lowest BCUT2D eigenvalue weighted by atomic mass is 9.81. The second kappa shape index (κ2) is 5.64. The van der Waals surface area contributed by atoms with E-state index < -0.39 is 0 Å². The zero-order valence-corrected chi connectivity index (χ0v) is 13.1. The van der Waals surface area contributed by atoms with Crippen molar-refractivity contribution in [1.29, 1.82) is 0 Å². The summed E-state index contributed by atoms with van der Waals surface area (Å²) in [5.41, 5.74) is 0. The average Bonchev–Trinajstić information content (AvgIpc) is 2.79. The molecule has 20 heavy (non-hydrogen) atoms. The number of nitrogens with zero attached hydrogens (tertiary/aromatic N) is 2. The smallest absolute Gasteiger partial charge is 0.241 e. The molecule has 0 radical (unpaired) electrons. The molecule has 4 atom stereocenters. The molecule has 0 spiro atoms. The Labute approximate surface area is 122 Å². The Balaban J connectivity index is 1.67. The van der Waals surface area contributed by atoms with E-state index in [0.29, 0.717) is 30.0 Å². The van der Waals surface area contributed by atoms with E-state index >= 15 is 0 Å². The molecule has 1 amide bonds. The molecule has 4 unspecified atom stereocenters. The Morgan fingerprint density at radius 2 is 1.90 bits per heavy atom. The van der Waals surface area contributed by atoms with Gasteiger partial charge in [0.15, 0.2) is 0 Å². The summed E-state index contributed by atoms with van der Waals surface area (Å²) in [5, 5.41) is 3.44. The molecule has 0 saturated carbocycles. The van der Waals surface area contributed by atoms with Gasteiger partial charge in [-0.15, -0.1) is 0 Å². The van der Waals surface area contributed by atoms with E-state index in [9.17, 15) is 4.79 Å². The molecule has 4 nitrogen and oxygen atoms in total. The minimum absolute atomic E-state index is 0.0551. The molecule has 0 aromatic heterocycles. The Hall–Kier alpha value is -0.610. The molecule has 0 aromatic rings. The van der Waals surface area contributed by atoms with E-state index in [-0.39, 0.29) is 6.04 Å². The predicted molar refractivity (Wildman–Crippen MR) is 80.3 cm³/mol. The molecule has 3 fully saturated rings. The molecule has 0 aliphatic carbocycles. The number of hydrogen-bond donors (Lipinski definition) is 1. The maximum Gasteiger partial charge on any atom is 0.241 e. The normalized spacial score (nSPS) is 40.1. The lowest BCUT2D eigenvalue weighted by molar-refractivity contribution is -0.133. The highest BCUT2D eigenvalue weighted by Gasteiger charge is 2.43. The standard InChI is InChI=1S/C16H29N3O/c1-4-11(2)15-16(20)19(10-17-15)14-8-12-6-5-7-13(9-14)18(12)3/h11-15,17H,4-10H2,1-3H3. The minimum atomic E-state index is 0.0551. The summed E-state index contributed by atoms with van der Waals surface area (Å²) < 4.78 is 0. The fourth-order valence-corrected chi connectivity index (χ4v) is 4.37. The highest BCUT2D eigenvalue weighted by Crippen LogP contribution is 2.35. The van der Waals surface area contributed by atoms with Gasteiger partial charge in [0.25, 0.3) is 0 Å². The van der Waals surface area contributed by atoms with Crippen molar-refractivity contribution in [1.82, 2.24) is 15.1 Å². The molecule has 2 bridgehead atoms. The van der Waals surface area contributed by atoms with Crippen LogP contribution in [0, 0.1) is 5.92 Å². The van der Waals surface area contributed by atoms with Crippen LogP contribution in [0.4, 0.5) is 0 Å². The average molecular weight is 279 g/mol. The molecular formula is C16H29N3O. The van der Waals surface area contributed by atoms with E-state index in [1.165, 1.54) is 32.1 Å². The summed E-state index contributed by atoms with van der Waals surface area (Å²) in [4.78, 5) is 17.4. The van der Waals surface area contributed by atoms with Gasteiger partial charge in [-0.1, -0.05) is 26.7 Å². The number of hydrogen-bond acceptors (Lipinski definition) is 3. The quantitative estimate of drug-likeness (QED) is 0.856. The first kappa shape index (κ1) is 14.3. The van der Waals surface area contributed by atoms with Crippen LogP contribution in [-0.2, 0) is 4.79 Å². The Morgan fingerprint density at radius 3 is 2.50 bits per heavy atom. The largest absolute Gasteiger partial charge is 0.325 e. The lowest BCUT2D eigenvalue weighted by Gasteiger charge is -2.49. The fraction of sp³-hybridized carbons (Fsp3) is 0.938. The van der Waals surface area contributed by atoms with Gasteiger partial charge >= 0.3 is 0 Å². The molecular weight excluding hydrogens is 250 g/mol. The van der Waals surface area contributed by atoms with E-state index in [1.54, 1.807) is 0 Å². The van der Waals surface area contributed by atoms with E-state index in [2.05, 4.69) is 36.0 Å². The van der Waals surface area contributed by atoms with Crippen LogP contribution >= 0.6 is 0 Å². The number of piperidine rings is 2. The highest BCUT2D eigenvalue weighted by atomic mass is 16.2. The van der Waals surface area contributed by atoms with Crippen molar-refractivity contribution in [3.05, 3.63) is 0 Å². The number of carbonyl (C=O) groups is 1. The van der Waals surface area contributed by atoms with E-state index in [1.807, 2.05) is 0 Å². The first-order valence-corrected chi connectivity index (χ1v) is 8.37. The number of nitrogens with one attached hydrogen (secondary N) is 1. The molecule has 3 aliphatic heterocycles. The van der Waals surface area contributed by atoms with Crippen LogP contribution in [0.5, 0.6) is 0 Å². The molecule has 3 saturated heterocycles. The van der Waals surface area contributed by atoms with Crippen LogP contribution in [0.3, 0.4) is 0 Å². The summed E-state index contributed by atoms with van der Waals surface area (Å²) >= 11 is 0. The number of carbonyl (C=O) groups excluding carboxylic acids is 1. The van der Waals surface area contributed by atoms with Crippen LogP contribution in [0.15, 0.2) is 0 Å². The van der Waals surface area contributed by atoms with Crippen LogP contribution in [0.2, 0.25) is 0 Å². The van der Waals surface area contributed by atoms with E-state index in [4.69, 9.17) is 0 Å². The van der Waals surface area contributed by atoms with Gasteiger partial charge in [-0.2, -0.15) is 0 Å². The van der Waals surface area contributed by atoms with Gasteiger partial charge in [0, 0.05) is 18.1 Å². The molecule has 3 rings (SSSR count). The van der Waals surface area contributed by atoms with Crippen LogP contribution in [-0.4, -0.2) is 53.6 Å². The number of fused-ring (bicyclic) bond motifs is 2. The maximum atomic E-state index is 12.7. The maximum absolute atomic E-state index is 12.7. The topological polar surface area (TPSA) is 35.6 Å². The summed E-state index contributed by atoms with van der Waals surface area (Å²) in [6.45, 7) is 5.12. The third-order valence-electron chi connectivity index (χ3n) is 6.00. The monoisotopic (exact) mass is 279 g/mol. The van der Waals surface area contributed by atoms with Crippen LogP contribution in [0.1, 0.15) is 52.4 Å². The lowest BCUT2D eigenvalue weighted by Crippen LogP contribution is -2.56. The first-order chi connectivity index (χ1) is 9.61. The summed E-state index contributed by atoms with van der Waals surface area (Å²) in [6.07, 6.45) is 7.41. The molecule has 1 N–H and O–H groups in total. The Bertz CT molecular complexity index is 359. The van der Waals surface area contributed by atoms with Gasteiger partial charge in [0.2, 0.25) is 5.91 Å². The zero-order valence-electron chi connectivity index (χ0n) is 13.1. The number of amides is 1. The highest BCUT2D eigenvalue weighted by molar-refractivity contribution is 5.84. The predicted octanol–water partition coefficient (Wildman–Crippen LogP) is 1.81. The molecule has 0 aromatic carbocycles. The number of rotatable bonds is 3. The summed E-state index contributed by atoms with van der Waals surface area (Å²) in [6, 6.07) is 1.92. The van der Waals surface area contributed by atoms with Crippen LogP contribution < -0.4 is 5.32 Å². The van der Waals surface area contributed by atoms with Crippen molar-refractivity contribution in [3.8, 4) is 0 Å². The van der Waals surface area contributed by atoms with Gasteiger partial charge in [-0.05, 0) is 38.6 Å². The van der Waals surface area contributed by atoms with Crippen molar-refractivity contribution >= 4 is 5.91 Å². The first-order valence-electron chi connectivity index (χ1n) is 8.37. The summed E-state index contributed by atoms with van der Waals surface area (Å²) in [5.74, 6) is 0.797. The zero-order chi connectivity index (χ0) is 14.3. The van der Waals surface area contributed by atoms with Gasteiger partial charge in [0.05, 0.1) is 12.7 Å². The SMILES string of the molecule is CCC(C)C1NCN(C2CC3CCCC(C2)N3C)C1=O. The van der Waals surface area contributed by atoms with Crippen molar-refractivity contribution in [2.45, 2.75) is 76.5 Å². The Morgan fingerprint density at radius 1 is 1.25 bits per heavy atom. The third kappa shape index (κ3) is 2.37. The van der Waals surface area contributed by atoms with Crippen molar-refractivity contribution in [2.75, 3.05) is 13.7 Å². The molecule has 114 valence electrons. The minimum Gasteiger partial charge on any atom is -0.325 e. The van der Waals surface area contributed by atoms with Crippen molar-refractivity contribution < 1.29 is 4.79 Å². The van der Waals surface area contributed by atoms with Crippen molar-refractivity contribution in [3.63, 3.8) is 0 Å². The Kier molecular flexibility index (Phi) is 4.04. The molecule has 3 heterocycles. The fourth-order valence-electron chi connectivity index (χ4n) is 4.37. The second-order valence-electron chi connectivity index (χ2n) is 7.06. The second-order valence-corrected chi connectivity index (χ2v) is 7.06.